The molecule has 0 radical (unpaired) electrons. The van der Waals surface area contributed by atoms with Crippen LogP contribution in [0.3, 0.4) is 0 Å². The summed E-state index contributed by atoms with van der Waals surface area (Å²) >= 11 is 0. The summed E-state index contributed by atoms with van der Waals surface area (Å²) in [5, 5.41) is 21.1. The van der Waals surface area contributed by atoms with Crippen LogP contribution in [0.1, 0.15) is 65.2 Å². The number of ketones is 1. The van der Waals surface area contributed by atoms with Crippen molar-refractivity contribution in [2.24, 2.45) is 34.5 Å². The molecule has 124 valence electrons. The van der Waals surface area contributed by atoms with E-state index in [4.69, 9.17) is 0 Å². The molecule has 0 bridgehead atoms. The molecule has 4 aliphatic rings. The zero-order valence-electron chi connectivity index (χ0n) is 13.9. The number of fused-ring (bicyclic) bond motifs is 5. The molecule has 0 unspecified atom stereocenters. The van der Waals surface area contributed by atoms with Crippen molar-refractivity contribution in [3.05, 3.63) is 0 Å². The van der Waals surface area contributed by atoms with Crippen LogP contribution in [0.15, 0.2) is 0 Å². The average molecular weight is 306 g/mol. The first-order valence-corrected chi connectivity index (χ1v) is 9.24. The molecule has 0 aromatic rings. The van der Waals surface area contributed by atoms with Gasteiger partial charge in [0, 0.05) is 19.3 Å². The van der Waals surface area contributed by atoms with E-state index in [2.05, 4.69) is 13.8 Å². The van der Waals surface area contributed by atoms with E-state index in [-0.39, 0.29) is 29.0 Å². The minimum Gasteiger partial charge on any atom is -0.393 e. The topological polar surface area (TPSA) is 57.5 Å². The van der Waals surface area contributed by atoms with Gasteiger partial charge in [-0.3, -0.25) is 4.79 Å². The number of carbonyl (C=O) groups excluding carboxylic acids is 1. The highest BCUT2D eigenvalue weighted by atomic mass is 16.3. The van der Waals surface area contributed by atoms with Crippen molar-refractivity contribution in [3.63, 3.8) is 0 Å². The van der Waals surface area contributed by atoms with Crippen molar-refractivity contribution < 1.29 is 15.0 Å². The predicted octanol–water partition coefficient (Wildman–Crippen LogP) is 2.93. The first kappa shape index (κ1) is 15.1. The van der Waals surface area contributed by atoms with Gasteiger partial charge in [-0.1, -0.05) is 13.8 Å². The molecule has 22 heavy (non-hydrogen) atoms. The van der Waals surface area contributed by atoms with E-state index in [0.717, 1.165) is 38.5 Å². The molecule has 8 atom stereocenters. The minimum absolute atomic E-state index is 0.0890. The zero-order valence-corrected chi connectivity index (χ0v) is 13.9. The Morgan fingerprint density at radius 1 is 1.05 bits per heavy atom. The maximum atomic E-state index is 11.9. The lowest BCUT2D eigenvalue weighted by Gasteiger charge is -2.60. The fourth-order valence-corrected chi connectivity index (χ4v) is 7.08. The van der Waals surface area contributed by atoms with E-state index in [0.29, 0.717) is 30.0 Å². The lowest BCUT2D eigenvalue weighted by atomic mass is 9.45. The molecule has 0 heterocycles. The van der Waals surface area contributed by atoms with Crippen LogP contribution in [-0.2, 0) is 4.79 Å². The summed E-state index contributed by atoms with van der Waals surface area (Å²) in [6.45, 7) is 4.62. The van der Waals surface area contributed by atoms with Crippen molar-refractivity contribution in [1.82, 2.24) is 0 Å². The lowest BCUT2D eigenvalue weighted by molar-refractivity contribution is -0.148. The maximum Gasteiger partial charge on any atom is 0.133 e. The van der Waals surface area contributed by atoms with Gasteiger partial charge in [-0.05, 0) is 66.6 Å². The van der Waals surface area contributed by atoms with E-state index < -0.39 is 0 Å². The second-order valence-corrected chi connectivity index (χ2v) is 9.18. The number of aliphatic hydroxyl groups excluding tert-OH is 2. The molecule has 0 saturated heterocycles. The van der Waals surface area contributed by atoms with Crippen LogP contribution < -0.4 is 0 Å². The smallest absolute Gasteiger partial charge is 0.133 e. The fourth-order valence-electron chi connectivity index (χ4n) is 7.08. The third kappa shape index (κ3) is 1.84. The molecule has 0 aliphatic heterocycles. The third-order valence-corrected chi connectivity index (χ3v) is 8.42. The van der Waals surface area contributed by atoms with E-state index in [9.17, 15) is 15.0 Å². The molecule has 4 aliphatic carbocycles. The van der Waals surface area contributed by atoms with Crippen LogP contribution in [0.25, 0.3) is 0 Å². The third-order valence-electron chi connectivity index (χ3n) is 8.42. The first-order chi connectivity index (χ1) is 10.4. The number of aliphatic hydroxyl groups is 2. The standard InChI is InChI=1S/C19H30O3/c1-18-7-5-12(20)9-11(18)3-4-13-14(18)6-8-19(2)16(22)10-15(21)17(13)19/h11,13-17,21-22H,3-10H2,1-2H3/t11-,13+,14-,15+,16-,17+,18-,19+/m0/s1. The van der Waals surface area contributed by atoms with Gasteiger partial charge in [0.25, 0.3) is 0 Å². The summed E-state index contributed by atoms with van der Waals surface area (Å²) in [6, 6.07) is 0. The van der Waals surface area contributed by atoms with Crippen molar-refractivity contribution in [2.45, 2.75) is 77.4 Å². The molecule has 2 N–H and O–H groups in total. The Hall–Kier alpha value is -0.410. The predicted molar refractivity (Wildman–Crippen MR) is 84.1 cm³/mol. The SMILES string of the molecule is C[C@]12CC[C@H]3[C@@H](CC[C@H]4CC(=O)CC[C@@]43C)[C@@H]1[C@H](O)C[C@@H]2O. The molecule has 3 nitrogen and oxygen atoms in total. The summed E-state index contributed by atoms with van der Waals surface area (Å²) in [5.74, 6) is 2.45. The molecule has 0 aromatic carbocycles. The highest BCUT2D eigenvalue weighted by Crippen LogP contribution is 2.65. The fraction of sp³-hybridized carbons (Fsp3) is 0.947. The van der Waals surface area contributed by atoms with Crippen LogP contribution in [-0.4, -0.2) is 28.2 Å². The van der Waals surface area contributed by atoms with Gasteiger partial charge in [0.2, 0.25) is 0 Å². The second-order valence-electron chi connectivity index (χ2n) is 9.18. The highest BCUT2D eigenvalue weighted by Gasteiger charge is 2.62. The van der Waals surface area contributed by atoms with Gasteiger partial charge in [-0.15, -0.1) is 0 Å². The molecular weight excluding hydrogens is 276 g/mol. The monoisotopic (exact) mass is 306 g/mol. The van der Waals surface area contributed by atoms with Gasteiger partial charge >= 0.3 is 0 Å². The normalized spacial score (nSPS) is 57.9. The van der Waals surface area contributed by atoms with Crippen LogP contribution >= 0.6 is 0 Å². The van der Waals surface area contributed by atoms with Gasteiger partial charge < -0.3 is 10.2 Å². The maximum absolute atomic E-state index is 11.9. The highest BCUT2D eigenvalue weighted by molar-refractivity contribution is 5.79. The van der Waals surface area contributed by atoms with E-state index in [1.54, 1.807) is 0 Å². The Labute approximate surface area is 133 Å². The van der Waals surface area contributed by atoms with Crippen molar-refractivity contribution >= 4 is 5.78 Å². The Morgan fingerprint density at radius 2 is 1.82 bits per heavy atom. The molecule has 4 rings (SSSR count). The van der Waals surface area contributed by atoms with Gasteiger partial charge in [0.15, 0.2) is 0 Å². The summed E-state index contributed by atoms with van der Waals surface area (Å²) in [4.78, 5) is 11.9. The number of hydrogen-bond donors (Lipinski definition) is 2. The Bertz CT molecular complexity index is 489. The molecule has 4 saturated carbocycles. The molecule has 0 amide bonds. The zero-order chi connectivity index (χ0) is 15.7. The van der Waals surface area contributed by atoms with Gasteiger partial charge in [0.1, 0.15) is 5.78 Å². The van der Waals surface area contributed by atoms with E-state index in [1.807, 2.05) is 0 Å². The van der Waals surface area contributed by atoms with Crippen molar-refractivity contribution in [2.75, 3.05) is 0 Å². The largest absolute Gasteiger partial charge is 0.393 e. The summed E-state index contributed by atoms with van der Waals surface area (Å²) in [7, 11) is 0. The van der Waals surface area contributed by atoms with Crippen molar-refractivity contribution in [1.29, 1.82) is 0 Å². The van der Waals surface area contributed by atoms with Crippen LogP contribution in [0, 0.1) is 34.5 Å². The molecule has 3 heteroatoms. The van der Waals surface area contributed by atoms with Gasteiger partial charge in [0.05, 0.1) is 12.2 Å². The van der Waals surface area contributed by atoms with Gasteiger partial charge in [-0.25, -0.2) is 0 Å². The first-order valence-electron chi connectivity index (χ1n) is 9.24. The van der Waals surface area contributed by atoms with Crippen molar-refractivity contribution in [3.8, 4) is 0 Å². The summed E-state index contributed by atoms with van der Waals surface area (Å²) < 4.78 is 0. The number of hydrogen-bond acceptors (Lipinski definition) is 3. The molecule has 0 spiro atoms. The lowest BCUT2D eigenvalue weighted by Crippen LogP contribution is -2.55. The molecular formula is C19H30O3. The molecule has 0 aromatic heterocycles. The van der Waals surface area contributed by atoms with E-state index in [1.165, 1.54) is 6.42 Å². The van der Waals surface area contributed by atoms with Crippen LogP contribution in [0.5, 0.6) is 0 Å². The number of carbonyl (C=O) groups is 1. The van der Waals surface area contributed by atoms with Crippen LogP contribution in [0.2, 0.25) is 0 Å². The minimum atomic E-state index is -0.341. The number of rotatable bonds is 0. The number of Topliss-reactive ketones (excluding diaryl/α,β-unsaturated/α-hetero) is 1. The quantitative estimate of drug-likeness (QED) is 0.723. The Balaban J connectivity index is 1.66. The summed E-state index contributed by atoms with van der Waals surface area (Å²) in [6.07, 6.45) is 6.95. The average Bonchev–Trinajstić information content (AvgIpc) is 2.70. The second kappa shape index (κ2) is 4.80. The Kier molecular flexibility index (Phi) is 3.30. The molecule has 4 fully saturated rings. The van der Waals surface area contributed by atoms with Crippen LogP contribution in [0.4, 0.5) is 0 Å². The van der Waals surface area contributed by atoms with Gasteiger partial charge in [-0.2, -0.15) is 0 Å². The van der Waals surface area contributed by atoms with E-state index >= 15 is 0 Å². The summed E-state index contributed by atoms with van der Waals surface area (Å²) in [5.41, 5.74) is 0.194. The Morgan fingerprint density at radius 3 is 2.59 bits per heavy atom.